The van der Waals surface area contributed by atoms with Crippen molar-refractivity contribution >= 4 is 46.7 Å². The van der Waals surface area contributed by atoms with Crippen LogP contribution in [0.3, 0.4) is 0 Å². The summed E-state index contributed by atoms with van der Waals surface area (Å²) < 4.78 is 10.3. The Bertz CT molecular complexity index is 1190. The fraction of sp³-hybridized carbons (Fsp3) is 0.280. The van der Waals surface area contributed by atoms with Crippen molar-refractivity contribution in [1.82, 2.24) is 0 Å². The molecule has 0 radical (unpaired) electrons. The maximum atomic E-state index is 12.9. The summed E-state index contributed by atoms with van der Waals surface area (Å²) in [4.78, 5) is 51.7. The molecule has 2 fully saturated rings. The summed E-state index contributed by atoms with van der Waals surface area (Å²) in [5.41, 5.74) is 0.970. The number of amides is 3. The Morgan fingerprint density at radius 2 is 1.68 bits per heavy atom. The Hall–Kier alpha value is -3.65. The lowest BCUT2D eigenvalue weighted by atomic mass is 9.85. The van der Waals surface area contributed by atoms with Crippen LogP contribution < -0.4 is 15.0 Å². The van der Waals surface area contributed by atoms with Gasteiger partial charge in [0.2, 0.25) is 11.8 Å². The zero-order chi connectivity index (χ0) is 24.0. The van der Waals surface area contributed by atoms with Crippen molar-refractivity contribution in [2.24, 2.45) is 23.7 Å². The van der Waals surface area contributed by atoms with E-state index in [1.165, 1.54) is 30.2 Å². The van der Waals surface area contributed by atoms with Gasteiger partial charge < -0.3 is 14.8 Å². The molecular weight excluding hydrogens is 460 g/mol. The van der Waals surface area contributed by atoms with E-state index in [2.05, 4.69) is 5.32 Å². The van der Waals surface area contributed by atoms with Gasteiger partial charge in [0.1, 0.15) is 5.75 Å². The molecule has 0 unspecified atom stereocenters. The predicted octanol–water partition coefficient (Wildman–Crippen LogP) is 3.46. The molecule has 5 rings (SSSR count). The van der Waals surface area contributed by atoms with Crippen LogP contribution in [0.15, 0.2) is 54.6 Å². The zero-order valence-corrected chi connectivity index (χ0v) is 19.0. The number of nitrogens with zero attached hydrogens (tertiary/aromatic N) is 1. The van der Waals surface area contributed by atoms with E-state index in [1.54, 1.807) is 24.3 Å². The fourth-order valence-electron chi connectivity index (χ4n) is 5.08. The van der Waals surface area contributed by atoms with Crippen LogP contribution in [-0.4, -0.2) is 37.4 Å². The van der Waals surface area contributed by atoms with Crippen molar-refractivity contribution in [3.63, 3.8) is 0 Å². The number of hydrogen-bond acceptors (Lipinski definition) is 6. The van der Waals surface area contributed by atoms with E-state index in [9.17, 15) is 19.2 Å². The molecule has 1 N–H and O–H groups in total. The summed E-state index contributed by atoms with van der Waals surface area (Å²) >= 11 is 5.95. The molecule has 2 aliphatic carbocycles. The van der Waals surface area contributed by atoms with E-state index >= 15 is 0 Å². The van der Waals surface area contributed by atoms with Crippen molar-refractivity contribution < 1.29 is 28.7 Å². The number of fused-ring (bicyclic) bond motifs is 5. The molecule has 2 aromatic carbocycles. The molecule has 174 valence electrons. The summed E-state index contributed by atoms with van der Waals surface area (Å²) in [5, 5.41) is 3.00. The Morgan fingerprint density at radius 3 is 2.29 bits per heavy atom. The van der Waals surface area contributed by atoms with Gasteiger partial charge in [0.15, 0.2) is 6.61 Å². The van der Waals surface area contributed by atoms with Gasteiger partial charge in [-0.05, 0) is 60.7 Å². The van der Waals surface area contributed by atoms with Crippen LogP contribution in [0, 0.1) is 23.7 Å². The van der Waals surface area contributed by atoms with Gasteiger partial charge in [0.05, 0.1) is 35.9 Å². The van der Waals surface area contributed by atoms with Crippen LogP contribution in [0.25, 0.3) is 0 Å². The number of esters is 1. The topological polar surface area (TPSA) is 102 Å². The second-order valence-electron chi connectivity index (χ2n) is 8.53. The highest BCUT2D eigenvalue weighted by molar-refractivity contribution is 6.31. The van der Waals surface area contributed by atoms with E-state index in [1.807, 2.05) is 12.2 Å². The number of halogens is 1. The number of methoxy groups -OCH3 is 1. The average Bonchev–Trinajstić information content (AvgIpc) is 3.51. The van der Waals surface area contributed by atoms with Crippen LogP contribution in [0.2, 0.25) is 5.02 Å². The van der Waals surface area contributed by atoms with E-state index in [-0.39, 0.29) is 41.0 Å². The summed E-state index contributed by atoms with van der Waals surface area (Å²) in [6.07, 6.45) is 4.94. The van der Waals surface area contributed by atoms with Crippen molar-refractivity contribution in [2.75, 3.05) is 23.9 Å². The Balaban J connectivity index is 1.20. The largest absolute Gasteiger partial charge is 0.495 e. The van der Waals surface area contributed by atoms with Crippen molar-refractivity contribution in [3.8, 4) is 5.75 Å². The van der Waals surface area contributed by atoms with Crippen molar-refractivity contribution in [3.05, 3.63) is 65.2 Å². The molecule has 3 aliphatic rings. The number of hydrogen-bond donors (Lipinski definition) is 1. The standard InChI is InChI=1S/C25H21ClN2O6/c1-33-19-9-6-16(26)11-18(19)27-20(29)12-34-25(32)13-4-7-17(8-5-13)28-23(30)21-14-2-3-15(10-14)22(21)24(28)31/h2-9,11,14-15,21-22H,10,12H2,1H3,(H,27,29)/t14-,15-,21-,22-/m0/s1. The second-order valence-corrected chi connectivity index (χ2v) is 8.96. The number of nitrogens with one attached hydrogen (secondary N) is 1. The minimum Gasteiger partial charge on any atom is -0.495 e. The number of allylic oxidation sites excluding steroid dienone is 2. The molecule has 4 atom stereocenters. The minimum atomic E-state index is -0.710. The first-order chi connectivity index (χ1) is 16.4. The molecule has 9 heteroatoms. The summed E-state index contributed by atoms with van der Waals surface area (Å²) in [5.74, 6) is -1.55. The van der Waals surface area contributed by atoms with E-state index < -0.39 is 18.5 Å². The highest BCUT2D eigenvalue weighted by Crippen LogP contribution is 2.53. The summed E-state index contributed by atoms with van der Waals surface area (Å²) in [6.45, 7) is -0.515. The van der Waals surface area contributed by atoms with Crippen molar-refractivity contribution in [2.45, 2.75) is 6.42 Å². The molecule has 0 aromatic heterocycles. The van der Waals surface area contributed by atoms with Gasteiger partial charge in [-0.25, -0.2) is 4.79 Å². The molecule has 2 aromatic rings. The predicted molar refractivity (Wildman–Crippen MR) is 124 cm³/mol. The average molecular weight is 481 g/mol. The van der Waals surface area contributed by atoms with E-state index in [0.717, 1.165) is 6.42 Å². The van der Waals surface area contributed by atoms with Crippen molar-refractivity contribution in [1.29, 1.82) is 0 Å². The third-order valence-corrected chi connectivity index (χ3v) is 6.84. The second kappa shape index (κ2) is 8.61. The van der Waals surface area contributed by atoms with E-state index in [4.69, 9.17) is 21.1 Å². The minimum absolute atomic E-state index is 0.128. The normalized spacial score (nSPS) is 24.4. The number of ether oxygens (including phenoxy) is 2. The Morgan fingerprint density at radius 1 is 1.03 bits per heavy atom. The highest BCUT2D eigenvalue weighted by Gasteiger charge is 2.59. The SMILES string of the molecule is COc1ccc(Cl)cc1NC(=O)COC(=O)c1ccc(N2C(=O)[C@@H]3[C@@H](C2=O)[C@H]2C=C[C@H]3C2)cc1. The number of carbonyl (C=O) groups is 4. The van der Waals surface area contributed by atoms with Crippen LogP contribution >= 0.6 is 11.6 Å². The first kappa shape index (κ1) is 22.2. The van der Waals surface area contributed by atoms with Gasteiger partial charge in [-0.1, -0.05) is 23.8 Å². The van der Waals surface area contributed by atoms with Crippen LogP contribution in [0.4, 0.5) is 11.4 Å². The maximum Gasteiger partial charge on any atom is 0.338 e. The molecule has 34 heavy (non-hydrogen) atoms. The lowest BCUT2D eigenvalue weighted by molar-refractivity contribution is -0.123. The number of rotatable bonds is 6. The van der Waals surface area contributed by atoms with Gasteiger partial charge in [-0.3, -0.25) is 19.3 Å². The number of anilines is 2. The molecule has 3 amide bonds. The molecule has 1 saturated carbocycles. The monoisotopic (exact) mass is 480 g/mol. The highest BCUT2D eigenvalue weighted by atomic mass is 35.5. The number of benzene rings is 2. The maximum absolute atomic E-state index is 12.9. The first-order valence-electron chi connectivity index (χ1n) is 10.8. The van der Waals surface area contributed by atoms with E-state index in [0.29, 0.717) is 22.1 Å². The third kappa shape index (κ3) is 3.74. The lowest BCUT2D eigenvalue weighted by Crippen LogP contribution is -2.32. The van der Waals surface area contributed by atoms with Crippen LogP contribution in [-0.2, 0) is 19.1 Å². The number of carbonyl (C=O) groups excluding carboxylic acids is 4. The molecule has 8 nitrogen and oxygen atoms in total. The summed E-state index contributed by atoms with van der Waals surface area (Å²) in [7, 11) is 1.46. The lowest BCUT2D eigenvalue weighted by Gasteiger charge is -2.17. The van der Waals surface area contributed by atoms with Crippen LogP contribution in [0.5, 0.6) is 5.75 Å². The summed E-state index contributed by atoms with van der Waals surface area (Å²) in [6, 6.07) is 10.8. The molecule has 1 aliphatic heterocycles. The quantitative estimate of drug-likeness (QED) is 0.386. The smallest absolute Gasteiger partial charge is 0.338 e. The molecule has 1 saturated heterocycles. The number of imide groups is 1. The van der Waals surface area contributed by atoms with Gasteiger partial charge in [-0.15, -0.1) is 0 Å². The van der Waals surface area contributed by atoms with Gasteiger partial charge in [-0.2, -0.15) is 0 Å². The Labute approximate surface area is 200 Å². The first-order valence-corrected chi connectivity index (χ1v) is 11.2. The zero-order valence-electron chi connectivity index (χ0n) is 18.2. The molecule has 2 bridgehead atoms. The molecule has 1 heterocycles. The fourth-order valence-corrected chi connectivity index (χ4v) is 5.25. The Kier molecular flexibility index (Phi) is 5.61. The molecular formula is C25H21ClN2O6. The van der Waals surface area contributed by atoms with Gasteiger partial charge in [0, 0.05) is 5.02 Å². The van der Waals surface area contributed by atoms with Gasteiger partial charge >= 0.3 is 5.97 Å². The third-order valence-electron chi connectivity index (χ3n) is 6.60. The van der Waals surface area contributed by atoms with Crippen LogP contribution in [0.1, 0.15) is 16.8 Å². The van der Waals surface area contributed by atoms with Gasteiger partial charge in [0.25, 0.3) is 5.91 Å². The molecule has 0 spiro atoms.